The lowest BCUT2D eigenvalue weighted by atomic mass is 10.1. The maximum atomic E-state index is 12.9. The van der Waals surface area contributed by atoms with Crippen molar-refractivity contribution in [2.45, 2.75) is 20.4 Å². The molecule has 1 aliphatic heterocycles. The topological polar surface area (TPSA) is 53.8 Å². The van der Waals surface area contributed by atoms with Crippen molar-refractivity contribution in [3.63, 3.8) is 0 Å². The average Bonchev–Trinajstić information content (AvgIpc) is 2.72. The van der Waals surface area contributed by atoms with Gasteiger partial charge in [-0.3, -0.25) is 14.5 Å². The Hall–Kier alpha value is -2.92. The highest BCUT2D eigenvalue weighted by atomic mass is 16.3. The first-order chi connectivity index (χ1) is 13.5. The quantitative estimate of drug-likeness (QED) is 0.703. The molecular formula is C23H24N2O3. The number of nitrogens with zero attached hydrogens (tertiary/aromatic N) is 2. The first kappa shape index (κ1) is 18.4. The smallest absolute Gasteiger partial charge is 0.289 e. The van der Waals surface area contributed by atoms with Crippen molar-refractivity contribution in [2.24, 2.45) is 0 Å². The number of benzene rings is 2. The van der Waals surface area contributed by atoms with Gasteiger partial charge in [-0.25, -0.2) is 0 Å². The van der Waals surface area contributed by atoms with E-state index in [9.17, 15) is 9.59 Å². The third-order valence-corrected chi connectivity index (χ3v) is 5.54. The Kier molecular flexibility index (Phi) is 5.01. The summed E-state index contributed by atoms with van der Waals surface area (Å²) in [6.07, 6.45) is 0. The molecule has 3 aromatic rings. The van der Waals surface area contributed by atoms with E-state index < -0.39 is 0 Å². The van der Waals surface area contributed by atoms with E-state index in [0.29, 0.717) is 24.1 Å². The molecule has 1 aliphatic rings. The number of hydrogen-bond acceptors (Lipinski definition) is 4. The van der Waals surface area contributed by atoms with Crippen molar-refractivity contribution in [3.05, 3.63) is 81.2 Å². The number of amides is 1. The molecule has 1 aromatic heterocycles. The van der Waals surface area contributed by atoms with Crippen LogP contribution in [0, 0.1) is 13.8 Å². The van der Waals surface area contributed by atoms with Gasteiger partial charge in [-0.15, -0.1) is 0 Å². The van der Waals surface area contributed by atoms with Crippen LogP contribution in [0.1, 0.15) is 27.2 Å². The van der Waals surface area contributed by atoms with Crippen molar-refractivity contribution < 1.29 is 9.21 Å². The Balaban J connectivity index is 1.50. The summed E-state index contributed by atoms with van der Waals surface area (Å²) in [6, 6.07) is 15.3. The number of hydrogen-bond donors (Lipinski definition) is 0. The number of piperazine rings is 1. The van der Waals surface area contributed by atoms with Gasteiger partial charge in [0.25, 0.3) is 5.91 Å². The Morgan fingerprint density at radius 1 is 1.00 bits per heavy atom. The first-order valence-electron chi connectivity index (χ1n) is 9.62. The maximum Gasteiger partial charge on any atom is 0.289 e. The number of aryl methyl sites for hydroxylation is 2. The molecule has 1 saturated heterocycles. The molecule has 0 spiro atoms. The van der Waals surface area contributed by atoms with Crippen molar-refractivity contribution >= 4 is 16.9 Å². The highest BCUT2D eigenvalue weighted by Gasteiger charge is 2.24. The third-order valence-electron chi connectivity index (χ3n) is 5.54. The van der Waals surface area contributed by atoms with Crippen LogP contribution in [0.3, 0.4) is 0 Å². The summed E-state index contributed by atoms with van der Waals surface area (Å²) in [6.45, 7) is 7.62. The van der Waals surface area contributed by atoms with Gasteiger partial charge in [0.1, 0.15) is 5.58 Å². The summed E-state index contributed by atoms with van der Waals surface area (Å²) in [5.74, 6) is -0.0815. The molecule has 0 bridgehead atoms. The van der Waals surface area contributed by atoms with Gasteiger partial charge >= 0.3 is 0 Å². The molecule has 1 fully saturated rings. The summed E-state index contributed by atoms with van der Waals surface area (Å²) in [5.41, 5.74) is 3.55. The van der Waals surface area contributed by atoms with Crippen LogP contribution in [-0.2, 0) is 6.54 Å². The Morgan fingerprint density at radius 2 is 1.71 bits per heavy atom. The van der Waals surface area contributed by atoms with Gasteiger partial charge in [0.15, 0.2) is 11.2 Å². The van der Waals surface area contributed by atoms with Crippen LogP contribution >= 0.6 is 0 Å². The van der Waals surface area contributed by atoms with E-state index in [1.807, 2.05) is 38.1 Å². The number of carbonyl (C=O) groups is 1. The standard InChI is InChI=1S/C23H24N2O3/c1-16-8-9-19-20(26)14-21(28-22(19)17(16)2)23(27)25-12-10-24(11-13-25)15-18-6-4-3-5-7-18/h3-9,14H,10-13,15H2,1-2H3. The molecule has 0 aliphatic carbocycles. The summed E-state index contributed by atoms with van der Waals surface area (Å²) in [7, 11) is 0. The lowest BCUT2D eigenvalue weighted by molar-refractivity contribution is 0.0598. The molecule has 5 heteroatoms. The van der Waals surface area contributed by atoms with Crippen molar-refractivity contribution in [1.29, 1.82) is 0 Å². The van der Waals surface area contributed by atoms with E-state index in [1.54, 1.807) is 11.0 Å². The second-order valence-electron chi connectivity index (χ2n) is 7.41. The maximum absolute atomic E-state index is 12.9. The molecule has 28 heavy (non-hydrogen) atoms. The number of fused-ring (bicyclic) bond motifs is 1. The van der Waals surface area contributed by atoms with Gasteiger partial charge in [-0.2, -0.15) is 0 Å². The third kappa shape index (κ3) is 3.58. The monoisotopic (exact) mass is 376 g/mol. The number of carbonyl (C=O) groups excluding carboxylic acids is 1. The van der Waals surface area contributed by atoms with Crippen molar-refractivity contribution in [2.75, 3.05) is 26.2 Å². The Labute approximate surface area is 164 Å². The molecular weight excluding hydrogens is 352 g/mol. The fourth-order valence-corrected chi connectivity index (χ4v) is 3.66. The molecule has 4 rings (SSSR count). The molecule has 1 amide bonds. The molecule has 0 saturated carbocycles. The van der Waals surface area contributed by atoms with E-state index in [4.69, 9.17) is 4.42 Å². The second-order valence-corrected chi connectivity index (χ2v) is 7.41. The molecule has 144 valence electrons. The summed E-state index contributed by atoms with van der Waals surface area (Å²) in [4.78, 5) is 29.5. The van der Waals surface area contributed by atoms with Gasteiger partial charge in [0.2, 0.25) is 0 Å². The van der Waals surface area contributed by atoms with Gasteiger partial charge in [0.05, 0.1) is 5.39 Å². The molecule has 0 N–H and O–H groups in total. The predicted octanol–water partition coefficient (Wildman–Crippen LogP) is 3.37. The van der Waals surface area contributed by atoms with Crippen LogP contribution in [0.25, 0.3) is 11.0 Å². The molecule has 0 radical (unpaired) electrons. The SMILES string of the molecule is Cc1ccc2c(=O)cc(C(=O)N3CCN(Cc4ccccc4)CC3)oc2c1C. The molecule has 0 unspecified atom stereocenters. The van der Waals surface area contributed by atoms with Crippen LogP contribution in [0.5, 0.6) is 0 Å². The number of rotatable bonds is 3. The van der Waals surface area contributed by atoms with Crippen molar-refractivity contribution in [1.82, 2.24) is 9.80 Å². The lowest BCUT2D eigenvalue weighted by Gasteiger charge is -2.34. The van der Waals surface area contributed by atoms with Gasteiger partial charge in [0, 0.05) is 38.8 Å². The minimum absolute atomic E-state index is 0.128. The zero-order valence-electron chi connectivity index (χ0n) is 16.3. The van der Waals surface area contributed by atoms with Gasteiger partial charge in [-0.05, 0) is 36.6 Å². The molecule has 5 nitrogen and oxygen atoms in total. The average molecular weight is 376 g/mol. The van der Waals surface area contributed by atoms with Crippen LogP contribution in [0.4, 0.5) is 0 Å². The molecule has 2 aromatic carbocycles. The van der Waals surface area contributed by atoms with E-state index in [2.05, 4.69) is 17.0 Å². The summed E-state index contributed by atoms with van der Waals surface area (Å²) >= 11 is 0. The Morgan fingerprint density at radius 3 is 2.43 bits per heavy atom. The highest BCUT2D eigenvalue weighted by molar-refractivity contribution is 5.93. The van der Waals surface area contributed by atoms with E-state index in [0.717, 1.165) is 30.8 Å². The summed E-state index contributed by atoms with van der Waals surface area (Å²) < 4.78 is 5.89. The van der Waals surface area contributed by atoms with Crippen LogP contribution in [0.2, 0.25) is 0 Å². The first-order valence-corrected chi connectivity index (χ1v) is 9.62. The fourth-order valence-electron chi connectivity index (χ4n) is 3.66. The van der Waals surface area contributed by atoms with E-state index in [-0.39, 0.29) is 17.1 Å². The largest absolute Gasteiger partial charge is 0.450 e. The minimum Gasteiger partial charge on any atom is -0.450 e. The van der Waals surface area contributed by atoms with Crippen LogP contribution < -0.4 is 5.43 Å². The summed E-state index contributed by atoms with van der Waals surface area (Å²) in [5, 5.41) is 0.521. The zero-order chi connectivity index (χ0) is 19.7. The zero-order valence-corrected chi connectivity index (χ0v) is 16.3. The molecule has 0 atom stereocenters. The Bertz CT molecular complexity index is 1060. The highest BCUT2D eigenvalue weighted by Crippen LogP contribution is 2.21. The lowest BCUT2D eigenvalue weighted by Crippen LogP contribution is -2.48. The fraction of sp³-hybridized carbons (Fsp3) is 0.304. The van der Waals surface area contributed by atoms with Crippen LogP contribution in [-0.4, -0.2) is 41.9 Å². The van der Waals surface area contributed by atoms with Crippen molar-refractivity contribution in [3.8, 4) is 0 Å². The van der Waals surface area contributed by atoms with E-state index >= 15 is 0 Å². The van der Waals surface area contributed by atoms with E-state index in [1.165, 1.54) is 11.6 Å². The van der Waals surface area contributed by atoms with Gasteiger partial charge < -0.3 is 9.32 Å². The van der Waals surface area contributed by atoms with Gasteiger partial charge in [-0.1, -0.05) is 36.4 Å². The minimum atomic E-state index is -0.209. The molecule has 2 heterocycles. The normalized spacial score (nSPS) is 15.1. The second kappa shape index (κ2) is 7.60. The van der Waals surface area contributed by atoms with Crippen LogP contribution in [0.15, 0.2) is 57.7 Å². The predicted molar refractivity (Wildman–Crippen MR) is 110 cm³/mol.